The van der Waals surface area contributed by atoms with Gasteiger partial charge in [0, 0.05) is 12.6 Å². The third-order valence-corrected chi connectivity index (χ3v) is 3.57. The molecule has 0 atom stereocenters. The molecule has 0 radical (unpaired) electrons. The molecule has 0 spiro atoms. The first-order valence-corrected chi connectivity index (χ1v) is 6.62. The lowest BCUT2D eigenvalue weighted by molar-refractivity contribution is 0.637. The minimum Gasteiger partial charge on any atom is -0.382 e. The zero-order valence-electron chi connectivity index (χ0n) is 10.1. The van der Waals surface area contributed by atoms with Crippen LogP contribution in [0.25, 0.3) is 0 Å². The third kappa shape index (κ3) is 2.96. The van der Waals surface area contributed by atoms with Crippen molar-refractivity contribution in [1.29, 1.82) is 0 Å². The number of anilines is 2. The monoisotopic (exact) mass is 273 g/mol. The van der Waals surface area contributed by atoms with Crippen LogP contribution in [0, 0.1) is 5.92 Å². The number of nitrogens with two attached hydrogens (primary N) is 1. The molecular weight excluding hydrogens is 257 g/mol. The largest absolute Gasteiger partial charge is 0.382 e. The molecule has 1 aliphatic rings. The Morgan fingerprint density at radius 1 is 1.41 bits per heavy atom. The second kappa shape index (κ2) is 4.91. The van der Waals surface area contributed by atoms with Crippen LogP contribution in [0.15, 0.2) is 6.07 Å². The van der Waals surface area contributed by atoms with Crippen LogP contribution in [-0.4, -0.2) is 17.6 Å². The zero-order valence-corrected chi connectivity index (χ0v) is 11.6. The summed E-state index contributed by atoms with van der Waals surface area (Å²) in [4.78, 5) is 6.52. The molecular formula is C12H17Cl2N3. The Labute approximate surface area is 112 Å². The Balaban J connectivity index is 2.30. The molecule has 0 aliphatic heterocycles. The number of pyridine rings is 1. The van der Waals surface area contributed by atoms with Crippen LogP contribution < -0.4 is 10.6 Å². The Hall–Kier alpha value is -0.670. The summed E-state index contributed by atoms with van der Waals surface area (Å²) in [6.07, 6.45) is 2.59. The van der Waals surface area contributed by atoms with Crippen LogP contribution in [-0.2, 0) is 0 Å². The Kier molecular flexibility index (Phi) is 3.69. The molecule has 1 heterocycles. The van der Waals surface area contributed by atoms with Crippen molar-refractivity contribution in [2.75, 3.05) is 17.2 Å². The molecule has 0 saturated heterocycles. The summed E-state index contributed by atoms with van der Waals surface area (Å²) in [7, 11) is 0. The number of nitrogens with zero attached hydrogens (tertiary/aromatic N) is 2. The van der Waals surface area contributed by atoms with Crippen molar-refractivity contribution in [3.05, 3.63) is 16.1 Å². The van der Waals surface area contributed by atoms with Gasteiger partial charge in [-0.1, -0.05) is 23.2 Å². The molecule has 1 aliphatic carbocycles. The van der Waals surface area contributed by atoms with Crippen LogP contribution >= 0.6 is 23.2 Å². The third-order valence-electron chi connectivity index (χ3n) is 2.99. The summed E-state index contributed by atoms with van der Waals surface area (Å²) in [6, 6.07) is 2.02. The van der Waals surface area contributed by atoms with E-state index in [0.717, 1.165) is 18.3 Å². The lowest BCUT2D eigenvalue weighted by Gasteiger charge is -2.29. The van der Waals surface area contributed by atoms with Gasteiger partial charge in [0.15, 0.2) is 0 Å². The fourth-order valence-corrected chi connectivity index (χ4v) is 2.26. The molecule has 94 valence electrons. The van der Waals surface area contributed by atoms with Gasteiger partial charge < -0.3 is 10.6 Å². The van der Waals surface area contributed by atoms with E-state index in [1.165, 1.54) is 12.8 Å². The van der Waals surface area contributed by atoms with Gasteiger partial charge in [-0.25, -0.2) is 4.98 Å². The first-order valence-electron chi connectivity index (χ1n) is 5.87. The molecule has 0 bridgehead atoms. The van der Waals surface area contributed by atoms with Gasteiger partial charge in [0.1, 0.15) is 11.6 Å². The van der Waals surface area contributed by atoms with Crippen molar-refractivity contribution in [3.8, 4) is 0 Å². The Morgan fingerprint density at radius 2 is 2.06 bits per heavy atom. The highest BCUT2D eigenvalue weighted by molar-refractivity contribution is 6.37. The quantitative estimate of drug-likeness (QED) is 0.912. The predicted octanol–water partition coefficient (Wildman–Crippen LogP) is 3.60. The van der Waals surface area contributed by atoms with Crippen LogP contribution in [0.4, 0.5) is 11.6 Å². The fourth-order valence-electron chi connectivity index (χ4n) is 1.79. The van der Waals surface area contributed by atoms with Gasteiger partial charge in [-0.05, 0) is 38.7 Å². The van der Waals surface area contributed by atoms with E-state index in [1.807, 2.05) is 0 Å². The number of hydrogen-bond donors (Lipinski definition) is 1. The van der Waals surface area contributed by atoms with E-state index >= 15 is 0 Å². The predicted molar refractivity (Wildman–Crippen MR) is 73.9 cm³/mol. The highest BCUT2D eigenvalue weighted by Crippen LogP contribution is 2.35. The average Bonchev–Trinajstić information content (AvgIpc) is 3.04. The number of aromatic nitrogens is 1. The molecule has 5 heteroatoms. The molecule has 0 amide bonds. The zero-order chi connectivity index (χ0) is 12.6. The number of hydrogen-bond acceptors (Lipinski definition) is 3. The number of halogens is 2. The van der Waals surface area contributed by atoms with E-state index < -0.39 is 0 Å². The van der Waals surface area contributed by atoms with Crippen LogP contribution in [0.2, 0.25) is 10.0 Å². The highest BCUT2D eigenvalue weighted by Gasteiger charge is 2.27. The van der Waals surface area contributed by atoms with E-state index in [-0.39, 0.29) is 0 Å². The molecule has 1 fully saturated rings. The Morgan fingerprint density at radius 3 is 2.59 bits per heavy atom. The molecule has 0 aromatic carbocycles. The molecule has 1 saturated carbocycles. The van der Waals surface area contributed by atoms with E-state index in [0.29, 0.717) is 21.9 Å². The first-order chi connectivity index (χ1) is 7.99. The van der Waals surface area contributed by atoms with Crippen molar-refractivity contribution in [1.82, 2.24) is 4.98 Å². The normalized spacial score (nSPS) is 15.4. The Bertz CT molecular complexity index is 416. The van der Waals surface area contributed by atoms with Gasteiger partial charge in [-0.15, -0.1) is 0 Å². The van der Waals surface area contributed by atoms with Crippen LogP contribution in [0.3, 0.4) is 0 Å². The van der Waals surface area contributed by atoms with Gasteiger partial charge >= 0.3 is 0 Å². The molecule has 2 rings (SSSR count). The molecule has 2 N–H and O–H groups in total. The van der Waals surface area contributed by atoms with Crippen LogP contribution in [0.1, 0.15) is 26.7 Å². The molecule has 17 heavy (non-hydrogen) atoms. The van der Waals surface area contributed by atoms with E-state index in [4.69, 9.17) is 28.9 Å². The summed E-state index contributed by atoms with van der Waals surface area (Å²) in [6.45, 7) is 5.25. The standard InChI is InChI=1S/C12H17Cl2N3/c1-7(2)17(6-8-3-4-8)12-10(14)5-9(13)11(15)16-12/h5,7-8H,3-4,6H2,1-2H3,(H2,15,16). The van der Waals surface area contributed by atoms with Gasteiger partial charge in [0.05, 0.1) is 10.0 Å². The van der Waals surface area contributed by atoms with Crippen molar-refractivity contribution in [2.24, 2.45) is 5.92 Å². The SMILES string of the molecule is CC(C)N(CC1CC1)c1nc(N)c(Cl)cc1Cl. The molecule has 3 nitrogen and oxygen atoms in total. The second-order valence-corrected chi connectivity index (χ2v) is 5.66. The van der Waals surface area contributed by atoms with Gasteiger partial charge in [-0.2, -0.15) is 0 Å². The van der Waals surface area contributed by atoms with E-state index in [1.54, 1.807) is 6.07 Å². The maximum absolute atomic E-state index is 6.20. The maximum atomic E-state index is 6.20. The summed E-state index contributed by atoms with van der Waals surface area (Å²) >= 11 is 12.1. The van der Waals surface area contributed by atoms with E-state index in [2.05, 4.69) is 23.7 Å². The minimum absolute atomic E-state index is 0.340. The number of nitrogen functional groups attached to an aromatic ring is 1. The molecule has 1 aromatic rings. The first kappa shape index (κ1) is 12.8. The topological polar surface area (TPSA) is 42.2 Å². The summed E-state index contributed by atoms with van der Waals surface area (Å²) in [5.41, 5.74) is 5.75. The van der Waals surface area contributed by atoms with Crippen molar-refractivity contribution in [2.45, 2.75) is 32.7 Å². The van der Waals surface area contributed by atoms with Crippen LogP contribution in [0.5, 0.6) is 0 Å². The second-order valence-electron chi connectivity index (χ2n) is 4.85. The van der Waals surface area contributed by atoms with E-state index in [9.17, 15) is 0 Å². The molecule has 0 unspecified atom stereocenters. The van der Waals surface area contributed by atoms with Gasteiger partial charge in [-0.3, -0.25) is 0 Å². The minimum atomic E-state index is 0.340. The lowest BCUT2D eigenvalue weighted by atomic mass is 10.2. The lowest BCUT2D eigenvalue weighted by Crippen LogP contribution is -2.33. The summed E-state index contributed by atoms with van der Waals surface area (Å²) in [5.74, 6) is 1.86. The van der Waals surface area contributed by atoms with Crippen molar-refractivity contribution < 1.29 is 0 Å². The van der Waals surface area contributed by atoms with Crippen molar-refractivity contribution >= 4 is 34.8 Å². The summed E-state index contributed by atoms with van der Waals surface area (Å²) < 4.78 is 0. The maximum Gasteiger partial charge on any atom is 0.150 e. The summed E-state index contributed by atoms with van der Waals surface area (Å²) in [5, 5.41) is 0.979. The fraction of sp³-hybridized carbons (Fsp3) is 0.583. The molecule has 1 aromatic heterocycles. The van der Waals surface area contributed by atoms with Gasteiger partial charge in [0.2, 0.25) is 0 Å². The highest BCUT2D eigenvalue weighted by atomic mass is 35.5. The number of rotatable bonds is 4. The van der Waals surface area contributed by atoms with Crippen molar-refractivity contribution in [3.63, 3.8) is 0 Å². The average molecular weight is 274 g/mol. The smallest absolute Gasteiger partial charge is 0.150 e. The van der Waals surface area contributed by atoms with Gasteiger partial charge in [0.25, 0.3) is 0 Å².